The lowest BCUT2D eigenvalue weighted by molar-refractivity contribution is 0.391. The Hall–Kier alpha value is -0.610. The molecule has 0 spiro atoms. The molecule has 66 valence electrons. The van der Waals surface area contributed by atoms with Crippen molar-refractivity contribution in [3.8, 4) is 5.88 Å². The van der Waals surface area contributed by atoms with Crippen LogP contribution in [0.4, 0.5) is 0 Å². The fourth-order valence-corrected chi connectivity index (χ4v) is 1.35. The molecule has 1 heterocycles. The Bertz CT molecular complexity index is 265. The SMILES string of the molecule is CNCc1cc(Br)cnc1OC. The number of pyridine rings is 1. The van der Waals surface area contributed by atoms with E-state index in [1.54, 1.807) is 13.3 Å². The average molecular weight is 231 g/mol. The van der Waals surface area contributed by atoms with Crippen LogP contribution in [0.25, 0.3) is 0 Å². The molecule has 0 amide bonds. The molecule has 12 heavy (non-hydrogen) atoms. The van der Waals surface area contributed by atoms with Gasteiger partial charge in [-0.1, -0.05) is 0 Å². The van der Waals surface area contributed by atoms with Gasteiger partial charge in [-0.25, -0.2) is 4.98 Å². The molecule has 0 unspecified atom stereocenters. The van der Waals surface area contributed by atoms with Crippen molar-refractivity contribution in [1.82, 2.24) is 10.3 Å². The summed E-state index contributed by atoms with van der Waals surface area (Å²) >= 11 is 3.35. The maximum Gasteiger partial charge on any atom is 0.217 e. The van der Waals surface area contributed by atoms with E-state index in [2.05, 4.69) is 26.2 Å². The van der Waals surface area contributed by atoms with Gasteiger partial charge in [0.05, 0.1) is 7.11 Å². The highest BCUT2D eigenvalue weighted by molar-refractivity contribution is 9.10. The van der Waals surface area contributed by atoms with Crippen molar-refractivity contribution in [3.05, 3.63) is 22.3 Å². The molecule has 0 aliphatic rings. The van der Waals surface area contributed by atoms with Gasteiger partial charge in [-0.3, -0.25) is 0 Å². The summed E-state index contributed by atoms with van der Waals surface area (Å²) in [6.07, 6.45) is 1.72. The Morgan fingerprint density at radius 1 is 1.67 bits per heavy atom. The second kappa shape index (κ2) is 4.42. The van der Waals surface area contributed by atoms with Crippen molar-refractivity contribution >= 4 is 15.9 Å². The van der Waals surface area contributed by atoms with Crippen LogP contribution in [-0.4, -0.2) is 19.1 Å². The van der Waals surface area contributed by atoms with Crippen LogP contribution in [0.3, 0.4) is 0 Å². The highest BCUT2D eigenvalue weighted by Crippen LogP contribution is 2.18. The van der Waals surface area contributed by atoms with Gasteiger partial charge < -0.3 is 10.1 Å². The van der Waals surface area contributed by atoms with Crippen molar-refractivity contribution in [2.75, 3.05) is 14.2 Å². The van der Waals surface area contributed by atoms with E-state index in [-0.39, 0.29) is 0 Å². The number of rotatable bonds is 3. The molecule has 0 atom stereocenters. The first-order valence-corrected chi connectivity index (χ1v) is 4.40. The molecule has 0 aromatic carbocycles. The standard InChI is InChI=1S/C8H11BrN2O/c1-10-4-6-3-7(9)5-11-8(6)12-2/h3,5,10H,4H2,1-2H3. The summed E-state index contributed by atoms with van der Waals surface area (Å²) in [7, 11) is 3.51. The molecular formula is C8H11BrN2O. The zero-order valence-corrected chi connectivity index (χ0v) is 8.68. The zero-order valence-electron chi connectivity index (χ0n) is 7.10. The first-order chi connectivity index (χ1) is 5.77. The smallest absolute Gasteiger partial charge is 0.217 e. The summed E-state index contributed by atoms with van der Waals surface area (Å²) in [5, 5.41) is 3.05. The van der Waals surface area contributed by atoms with Gasteiger partial charge in [0.15, 0.2) is 0 Å². The third-order valence-corrected chi connectivity index (χ3v) is 1.89. The Balaban J connectivity index is 2.95. The third-order valence-electron chi connectivity index (χ3n) is 1.45. The van der Waals surface area contributed by atoms with Crippen LogP contribution in [0.15, 0.2) is 16.7 Å². The van der Waals surface area contributed by atoms with E-state index in [9.17, 15) is 0 Å². The summed E-state index contributed by atoms with van der Waals surface area (Å²) in [5.74, 6) is 0.674. The quantitative estimate of drug-likeness (QED) is 0.857. The maximum absolute atomic E-state index is 5.08. The lowest BCUT2D eigenvalue weighted by Gasteiger charge is -2.06. The molecule has 1 rings (SSSR count). The molecule has 0 bridgehead atoms. The number of ether oxygens (including phenoxy) is 1. The number of nitrogens with zero attached hydrogens (tertiary/aromatic N) is 1. The number of aromatic nitrogens is 1. The van der Waals surface area contributed by atoms with E-state index in [0.717, 1.165) is 16.6 Å². The predicted octanol–water partition coefficient (Wildman–Crippen LogP) is 1.57. The minimum Gasteiger partial charge on any atom is -0.481 e. The molecule has 0 aliphatic carbocycles. The topological polar surface area (TPSA) is 34.2 Å². The number of nitrogens with one attached hydrogen (secondary N) is 1. The monoisotopic (exact) mass is 230 g/mol. The van der Waals surface area contributed by atoms with Crippen LogP contribution in [0.2, 0.25) is 0 Å². The van der Waals surface area contributed by atoms with Crippen LogP contribution in [0.1, 0.15) is 5.56 Å². The average Bonchev–Trinajstić information content (AvgIpc) is 2.05. The van der Waals surface area contributed by atoms with Gasteiger partial charge in [0.2, 0.25) is 5.88 Å². The summed E-state index contributed by atoms with van der Waals surface area (Å²) in [6.45, 7) is 0.760. The number of hydrogen-bond acceptors (Lipinski definition) is 3. The van der Waals surface area contributed by atoms with Crippen LogP contribution in [0, 0.1) is 0 Å². The van der Waals surface area contributed by atoms with Crippen molar-refractivity contribution < 1.29 is 4.74 Å². The van der Waals surface area contributed by atoms with Gasteiger partial charge in [0.25, 0.3) is 0 Å². The van der Waals surface area contributed by atoms with E-state index in [1.165, 1.54) is 0 Å². The van der Waals surface area contributed by atoms with E-state index in [1.807, 2.05) is 13.1 Å². The van der Waals surface area contributed by atoms with Crippen LogP contribution < -0.4 is 10.1 Å². The Morgan fingerprint density at radius 3 is 3.00 bits per heavy atom. The summed E-state index contributed by atoms with van der Waals surface area (Å²) in [6, 6.07) is 1.99. The fourth-order valence-electron chi connectivity index (χ4n) is 0.970. The highest BCUT2D eigenvalue weighted by Gasteiger charge is 2.02. The zero-order chi connectivity index (χ0) is 8.97. The molecule has 0 aliphatic heterocycles. The fraction of sp³-hybridized carbons (Fsp3) is 0.375. The summed E-state index contributed by atoms with van der Waals surface area (Å²) < 4.78 is 6.05. The van der Waals surface area contributed by atoms with Gasteiger partial charge in [-0.05, 0) is 29.0 Å². The van der Waals surface area contributed by atoms with Crippen molar-refractivity contribution in [2.45, 2.75) is 6.54 Å². The Kier molecular flexibility index (Phi) is 3.49. The largest absolute Gasteiger partial charge is 0.481 e. The van der Waals surface area contributed by atoms with Crippen LogP contribution in [-0.2, 0) is 6.54 Å². The van der Waals surface area contributed by atoms with E-state index in [0.29, 0.717) is 5.88 Å². The molecule has 0 saturated carbocycles. The molecule has 3 nitrogen and oxygen atoms in total. The van der Waals surface area contributed by atoms with E-state index in [4.69, 9.17) is 4.74 Å². The lowest BCUT2D eigenvalue weighted by atomic mass is 10.3. The Labute approximate surface area is 80.3 Å². The van der Waals surface area contributed by atoms with Gasteiger partial charge in [0, 0.05) is 22.8 Å². The predicted molar refractivity (Wildman–Crippen MR) is 51.3 cm³/mol. The van der Waals surface area contributed by atoms with Crippen LogP contribution >= 0.6 is 15.9 Å². The summed E-state index contributed by atoms with van der Waals surface area (Å²) in [5.41, 5.74) is 1.05. The first kappa shape index (κ1) is 9.48. The maximum atomic E-state index is 5.08. The molecule has 0 saturated heterocycles. The first-order valence-electron chi connectivity index (χ1n) is 3.61. The minimum atomic E-state index is 0.674. The van der Waals surface area contributed by atoms with Gasteiger partial charge in [0.1, 0.15) is 0 Å². The van der Waals surface area contributed by atoms with Crippen molar-refractivity contribution in [1.29, 1.82) is 0 Å². The number of methoxy groups -OCH3 is 1. The number of halogens is 1. The summed E-state index contributed by atoms with van der Waals surface area (Å²) in [4.78, 5) is 4.11. The Morgan fingerprint density at radius 2 is 2.42 bits per heavy atom. The third kappa shape index (κ3) is 2.19. The van der Waals surface area contributed by atoms with E-state index >= 15 is 0 Å². The van der Waals surface area contributed by atoms with Crippen LogP contribution in [0.5, 0.6) is 5.88 Å². The van der Waals surface area contributed by atoms with Gasteiger partial charge in [-0.15, -0.1) is 0 Å². The molecule has 1 N–H and O–H groups in total. The lowest BCUT2D eigenvalue weighted by Crippen LogP contribution is -2.07. The van der Waals surface area contributed by atoms with E-state index < -0.39 is 0 Å². The second-order valence-electron chi connectivity index (χ2n) is 2.35. The highest BCUT2D eigenvalue weighted by atomic mass is 79.9. The van der Waals surface area contributed by atoms with Crippen molar-refractivity contribution in [2.24, 2.45) is 0 Å². The van der Waals surface area contributed by atoms with Crippen molar-refractivity contribution in [3.63, 3.8) is 0 Å². The molecular weight excluding hydrogens is 220 g/mol. The number of hydrogen-bond donors (Lipinski definition) is 1. The van der Waals surface area contributed by atoms with Gasteiger partial charge in [-0.2, -0.15) is 0 Å². The molecule has 0 radical (unpaired) electrons. The molecule has 0 fully saturated rings. The minimum absolute atomic E-state index is 0.674. The normalized spacial score (nSPS) is 9.92. The molecule has 1 aromatic rings. The second-order valence-corrected chi connectivity index (χ2v) is 3.27. The molecule has 1 aromatic heterocycles. The molecule has 4 heteroatoms. The van der Waals surface area contributed by atoms with Gasteiger partial charge >= 0.3 is 0 Å².